The van der Waals surface area contributed by atoms with Gasteiger partial charge in [-0.25, -0.2) is 0 Å². The van der Waals surface area contributed by atoms with Gasteiger partial charge in [-0.05, 0) is 20.3 Å². The number of aliphatic hydroxyl groups excluding tert-OH is 1. The van der Waals surface area contributed by atoms with Crippen molar-refractivity contribution in [2.24, 2.45) is 0 Å². The molecule has 0 aromatic rings. The van der Waals surface area contributed by atoms with E-state index in [0.29, 0.717) is 6.42 Å². The first-order valence-corrected chi connectivity index (χ1v) is 7.38. The van der Waals surface area contributed by atoms with E-state index in [2.05, 4.69) is 6.92 Å². The van der Waals surface area contributed by atoms with Crippen molar-refractivity contribution in [2.75, 3.05) is 0 Å². The van der Waals surface area contributed by atoms with Gasteiger partial charge >= 0.3 is 0 Å². The number of rotatable bonds is 11. The minimum Gasteiger partial charge on any atom is -0.393 e. The fourth-order valence-corrected chi connectivity index (χ4v) is 2.38. The van der Waals surface area contributed by atoms with E-state index in [1.165, 1.54) is 44.9 Å². The van der Waals surface area contributed by atoms with Crippen LogP contribution in [-0.2, 0) is 0 Å². The van der Waals surface area contributed by atoms with Crippen molar-refractivity contribution in [1.82, 2.24) is 0 Å². The van der Waals surface area contributed by atoms with Crippen LogP contribution in [0.5, 0.6) is 0 Å². The largest absolute Gasteiger partial charge is 0.393 e. The minimum atomic E-state index is -0.684. The van der Waals surface area contributed by atoms with Crippen LogP contribution in [0, 0.1) is 0 Å². The highest BCUT2D eigenvalue weighted by molar-refractivity contribution is 4.74. The van der Waals surface area contributed by atoms with Crippen LogP contribution in [-0.4, -0.2) is 21.9 Å². The molecule has 2 nitrogen and oxygen atoms in total. The Morgan fingerprint density at radius 3 is 1.88 bits per heavy atom. The van der Waals surface area contributed by atoms with Gasteiger partial charge in [0.25, 0.3) is 0 Å². The van der Waals surface area contributed by atoms with Gasteiger partial charge in [0, 0.05) is 6.42 Å². The van der Waals surface area contributed by atoms with Crippen molar-refractivity contribution in [3.63, 3.8) is 0 Å². The van der Waals surface area contributed by atoms with Gasteiger partial charge in [-0.2, -0.15) is 0 Å². The fourth-order valence-electron chi connectivity index (χ4n) is 2.38. The number of hydrogen-bond donors (Lipinski definition) is 2. The Labute approximate surface area is 107 Å². The molecule has 0 bridgehead atoms. The lowest BCUT2D eigenvalue weighted by atomic mass is 9.92. The Kier molecular flexibility index (Phi) is 9.85. The average molecular weight is 244 g/mol. The van der Waals surface area contributed by atoms with Gasteiger partial charge in [0.2, 0.25) is 0 Å². The average Bonchev–Trinajstić information content (AvgIpc) is 2.20. The summed E-state index contributed by atoms with van der Waals surface area (Å²) in [5.41, 5.74) is -0.684. The van der Waals surface area contributed by atoms with Crippen molar-refractivity contribution in [2.45, 2.75) is 96.7 Å². The zero-order valence-electron chi connectivity index (χ0n) is 12.0. The van der Waals surface area contributed by atoms with Crippen molar-refractivity contribution in [3.8, 4) is 0 Å². The molecular weight excluding hydrogens is 212 g/mol. The summed E-state index contributed by atoms with van der Waals surface area (Å²) in [5, 5.41) is 19.2. The SMILES string of the molecule is CCCCCCCCCCC(C)(O)CC(C)O. The second-order valence-corrected chi connectivity index (χ2v) is 5.77. The van der Waals surface area contributed by atoms with Crippen LogP contribution >= 0.6 is 0 Å². The highest BCUT2D eigenvalue weighted by Crippen LogP contribution is 2.21. The summed E-state index contributed by atoms with van der Waals surface area (Å²) in [6, 6.07) is 0. The molecule has 104 valence electrons. The lowest BCUT2D eigenvalue weighted by Gasteiger charge is -2.24. The van der Waals surface area contributed by atoms with Crippen molar-refractivity contribution >= 4 is 0 Å². The quantitative estimate of drug-likeness (QED) is 0.539. The maximum atomic E-state index is 10.00. The summed E-state index contributed by atoms with van der Waals surface area (Å²) < 4.78 is 0. The van der Waals surface area contributed by atoms with Crippen LogP contribution in [0.2, 0.25) is 0 Å². The summed E-state index contributed by atoms with van der Waals surface area (Å²) in [7, 11) is 0. The molecule has 0 spiro atoms. The topological polar surface area (TPSA) is 40.5 Å². The van der Waals surface area contributed by atoms with Crippen molar-refractivity contribution in [3.05, 3.63) is 0 Å². The fraction of sp³-hybridized carbons (Fsp3) is 1.00. The van der Waals surface area contributed by atoms with E-state index < -0.39 is 11.7 Å². The van der Waals surface area contributed by atoms with E-state index in [4.69, 9.17) is 0 Å². The second kappa shape index (κ2) is 9.90. The number of hydrogen-bond acceptors (Lipinski definition) is 2. The van der Waals surface area contributed by atoms with Gasteiger partial charge in [0.15, 0.2) is 0 Å². The third-order valence-corrected chi connectivity index (χ3v) is 3.30. The van der Waals surface area contributed by atoms with Crippen LogP contribution in [0.1, 0.15) is 85.0 Å². The summed E-state index contributed by atoms with van der Waals surface area (Å²) in [6.07, 6.45) is 11.2. The van der Waals surface area contributed by atoms with E-state index in [9.17, 15) is 10.2 Å². The molecule has 17 heavy (non-hydrogen) atoms. The lowest BCUT2D eigenvalue weighted by Crippen LogP contribution is -2.28. The van der Waals surface area contributed by atoms with E-state index in [1.807, 2.05) is 6.92 Å². The zero-order chi connectivity index (χ0) is 13.1. The molecule has 0 saturated heterocycles. The van der Waals surface area contributed by atoms with Crippen LogP contribution in [0.25, 0.3) is 0 Å². The first-order valence-electron chi connectivity index (χ1n) is 7.38. The van der Waals surface area contributed by atoms with Crippen LogP contribution in [0.3, 0.4) is 0 Å². The molecule has 0 aliphatic heterocycles. The monoisotopic (exact) mass is 244 g/mol. The number of aliphatic hydroxyl groups is 2. The predicted octanol–water partition coefficient (Wildman–Crippen LogP) is 4.04. The van der Waals surface area contributed by atoms with Gasteiger partial charge in [0.05, 0.1) is 11.7 Å². The Bertz CT molecular complexity index is 164. The molecular formula is C15H32O2. The van der Waals surface area contributed by atoms with Gasteiger partial charge in [-0.3, -0.25) is 0 Å². The van der Waals surface area contributed by atoms with Gasteiger partial charge in [-0.1, -0.05) is 58.3 Å². The Morgan fingerprint density at radius 1 is 0.941 bits per heavy atom. The maximum Gasteiger partial charge on any atom is 0.0644 e. The summed E-state index contributed by atoms with van der Waals surface area (Å²) in [4.78, 5) is 0. The van der Waals surface area contributed by atoms with Crippen LogP contribution < -0.4 is 0 Å². The predicted molar refractivity (Wildman–Crippen MR) is 74.1 cm³/mol. The highest BCUT2D eigenvalue weighted by atomic mass is 16.3. The molecule has 0 fully saturated rings. The normalized spacial score (nSPS) is 16.8. The van der Waals surface area contributed by atoms with Crippen LogP contribution in [0.15, 0.2) is 0 Å². The highest BCUT2D eigenvalue weighted by Gasteiger charge is 2.21. The summed E-state index contributed by atoms with van der Waals surface area (Å²) in [6.45, 7) is 5.81. The summed E-state index contributed by atoms with van der Waals surface area (Å²) in [5.74, 6) is 0. The molecule has 2 heteroatoms. The van der Waals surface area contributed by atoms with E-state index in [0.717, 1.165) is 12.8 Å². The molecule has 0 saturated carbocycles. The first-order chi connectivity index (χ1) is 7.98. The lowest BCUT2D eigenvalue weighted by molar-refractivity contribution is 0.000896. The Morgan fingerprint density at radius 2 is 1.41 bits per heavy atom. The first kappa shape index (κ1) is 16.9. The minimum absolute atomic E-state index is 0.404. The Hall–Kier alpha value is -0.0800. The third kappa shape index (κ3) is 12.2. The molecule has 2 N–H and O–H groups in total. The molecule has 0 rings (SSSR count). The van der Waals surface area contributed by atoms with E-state index in [-0.39, 0.29) is 0 Å². The third-order valence-electron chi connectivity index (χ3n) is 3.30. The molecule has 0 aliphatic carbocycles. The molecule has 0 amide bonds. The maximum absolute atomic E-state index is 10.00. The van der Waals surface area contributed by atoms with Gasteiger partial charge < -0.3 is 10.2 Å². The van der Waals surface area contributed by atoms with Gasteiger partial charge in [-0.15, -0.1) is 0 Å². The zero-order valence-corrected chi connectivity index (χ0v) is 12.0. The van der Waals surface area contributed by atoms with Crippen LogP contribution in [0.4, 0.5) is 0 Å². The number of unbranched alkanes of at least 4 members (excludes halogenated alkanes) is 7. The smallest absolute Gasteiger partial charge is 0.0644 e. The molecule has 0 aliphatic rings. The molecule has 0 aromatic carbocycles. The van der Waals surface area contributed by atoms with E-state index >= 15 is 0 Å². The second-order valence-electron chi connectivity index (χ2n) is 5.77. The van der Waals surface area contributed by atoms with Gasteiger partial charge in [0.1, 0.15) is 0 Å². The standard InChI is InChI=1S/C15H32O2/c1-4-5-6-7-8-9-10-11-12-15(3,17)13-14(2)16/h14,16-17H,4-13H2,1-3H3. The van der Waals surface area contributed by atoms with Crippen molar-refractivity contribution in [1.29, 1.82) is 0 Å². The van der Waals surface area contributed by atoms with E-state index in [1.54, 1.807) is 6.92 Å². The summed E-state index contributed by atoms with van der Waals surface area (Å²) >= 11 is 0. The molecule has 0 aromatic heterocycles. The molecule has 2 unspecified atom stereocenters. The molecule has 0 heterocycles. The van der Waals surface area contributed by atoms with Crippen molar-refractivity contribution < 1.29 is 10.2 Å². The molecule has 0 radical (unpaired) electrons. The Balaban J connectivity index is 3.32. The molecule has 2 atom stereocenters.